The Morgan fingerprint density at radius 2 is 2.06 bits per heavy atom. The predicted octanol–water partition coefficient (Wildman–Crippen LogP) is 3.33. The van der Waals surface area contributed by atoms with E-state index in [0.29, 0.717) is 5.92 Å². The summed E-state index contributed by atoms with van der Waals surface area (Å²) in [6.07, 6.45) is 0. The minimum atomic E-state index is 0.0856. The number of hydrogen-bond donors (Lipinski definition) is 1. The van der Waals surface area contributed by atoms with Gasteiger partial charge in [0.2, 0.25) is 0 Å². The minimum absolute atomic E-state index is 0.0856. The fourth-order valence-electron chi connectivity index (χ4n) is 1.43. The highest BCUT2D eigenvalue weighted by molar-refractivity contribution is 9.10. The van der Waals surface area contributed by atoms with Crippen molar-refractivity contribution < 1.29 is 0 Å². The number of benzene rings is 1. The number of hydrogen-bond acceptors (Lipinski definition) is 2. The summed E-state index contributed by atoms with van der Waals surface area (Å²) < 4.78 is 1.11. The van der Waals surface area contributed by atoms with Gasteiger partial charge in [-0.3, -0.25) is 0 Å². The molecule has 1 N–H and O–H groups in total. The molecule has 1 rings (SSSR count). The third-order valence-corrected chi connectivity index (χ3v) is 3.38. The van der Waals surface area contributed by atoms with Crippen molar-refractivity contribution in [1.82, 2.24) is 5.32 Å². The average Bonchev–Trinajstić information content (AvgIpc) is 2.26. The highest BCUT2D eigenvalue weighted by Gasteiger charge is 2.11. The molecule has 0 aliphatic heterocycles. The lowest BCUT2D eigenvalue weighted by molar-refractivity contribution is 0.442. The molecule has 0 saturated heterocycles. The van der Waals surface area contributed by atoms with Gasteiger partial charge >= 0.3 is 0 Å². The van der Waals surface area contributed by atoms with Crippen molar-refractivity contribution in [2.75, 3.05) is 6.54 Å². The number of rotatable bonds is 5. The molecule has 86 valence electrons. The molecule has 16 heavy (non-hydrogen) atoms. The number of halogens is 1. The first-order chi connectivity index (χ1) is 7.65. The standard InChI is InChI=1S/C13H17BrN2/c1-10(2)12(7-15)9-16-8-11-5-3-4-6-13(11)14/h3-6,10,12,16H,8-9H2,1-2H3. The maximum Gasteiger partial charge on any atom is 0.0671 e. The summed E-state index contributed by atoms with van der Waals surface area (Å²) in [7, 11) is 0. The SMILES string of the molecule is CC(C)C(C#N)CNCc1ccccc1Br. The average molecular weight is 281 g/mol. The maximum atomic E-state index is 8.95. The minimum Gasteiger partial charge on any atom is -0.311 e. The Morgan fingerprint density at radius 1 is 1.38 bits per heavy atom. The molecule has 0 amide bonds. The molecule has 0 fully saturated rings. The molecule has 0 aliphatic rings. The Labute approximate surface area is 106 Å². The van der Waals surface area contributed by atoms with Gasteiger partial charge in [0.15, 0.2) is 0 Å². The molecule has 0 bridgehead atoms. The van der Waals surface area contributed by atoms with E-state index >= 15 is 0 Å². The zero-order valence-corrected chi connectivity index (χ0v) is 11.3. The second-order valence-corrected chi connectivity index (χ2v) is 5.06. The van der Waals surface area contributed by atoms with Gasteiger partial charge in [0.25, 0.3) is 0 Å². The lowest BCUT2D eigenvalue weighted by Crippen LogP contribution is -2.24. The Bertz CT molecular complexity index is 368. The van der Waals surface area contributed by atoms with Crippen molar-refractivity contribution in [3.05, 3.63) is 34.3 Å². The van der Waals surface area contributed by atoms with Crippen LogP contribution in [0.4, 0.5) is 0 Å². The molecular formula is C13H17BrN2. The summed E-state index contributed by atoms with van der Waals surface area (Å²) in [4.78, 5) is 0. The third-order valence-electron chi connectivity index (χ3n) is 2.61. The van der Waals surface area contributed by atoms with Gasteiger partial charge in [-0.25, -0.2) is 0 Å². The van der Waals surface area contributed by atoms with Crippen LogP contribution in [0.1, 0.15) is 19.4 Å². The first-order valence-electron chi connectivity index (χ1n) is 5.49. The molecule has 2 nitrogen and oxygen atoms in total. The molecular weight excluding hydrogens is 264 g/mol. The highest BCUT2D eigenvalue weighted by atomic mass is 79.9. The molecule has 1 aromatic rings. The van der Waals surface area contributed by atoms with Crippen LogP contribution in [-0.2, 0) is 6.54 Å². The van der Waals surface area contributed by atoms with Gasteiger partial charge in [0, 0.05) is 17.6 Å². The van der Waals surface area contributed by atoms with Crippen molar-refractivity contribution in [1.29, 1.82) is 5.26 Å². The van der Waals surface area contributed by atoms with E-state index < -0.39 is 0 Å². The Kier molecular flexibility index (Phi) is 5.51. The van der Waals surface area contributed by atoms with Crippen molar-refractivity contribution in [2.45, 2.75) is 20.4 Å². The molecule has 0 aromatic heterocycles. The van der Waals surface area contributed by atoms with Crippen LogP contribution in [0.5, 0.6) is 0 Å². The first kappa shape index (κ1) is 13.2. The molecule has 3 heteroatoms. The zero-order chi connectivity index (χ0) is 12.0. The fraction of sp³-hybridized carbons (Fsp3) is 0.462. The van der Waals surface area contributed by atoms with E-state index in [1.165, 1.54) is 5.56 Å². The van der Waals surface area contributed by atoms with Gasteiger partial charge in [-0.05, 0) is 17.5 Å². The van der Waals surface area contributed by atoms with Crippen LogP contribution in [0.2, 0.25) is 0 Å². The third kappa shape index (κ3) is 3.96. The number of nitriles is 1. The zero-order valence-electron chi connectivity index (χ0n) is 9.70. The van der Waals surface area contributed by atoms with Crippen molar-refractivity contribution in [3.8, 4) is 6.07 Å². The molecule has 0 radical (unpaired) electrons. The molecule has 1 unspecified atom stereocenters. The lowest BCUT2D eigenvalue weighted by atomic mass is 9.97. The van der Waals surface area contributed by atoms with Crippen LogP contribution >= 0.6 is 15.9 Å². The summed E-state index contributed by atoms with van der Waals surface area (Å²) in [6.45, 7) is 5.70. The predicted molar refractivity (Wildman–Crippen MR) is 69.8 cm³/mol. The van der Waals surface area contributed by atoms with E-state index in [1.54, 1.807) is 0 Å². The summed E-state index contributed by atoms with van der Waals surface area (Å²) in [5, 5.41) is 12.3. The maximum absolute atomic E-state index is 8.95. The van der Waals surface area contributed by atoms with Crippen LogP contribution in [0, 0.1) is 23.2 Å². The van der Waals surface area contributed by atoms with E-state index in [0.717, 1.165) is 17.6 Å². The molecule has 1 aromatic carbocycles. The van der Waals surface area contributed by atoms with Gasteiger partial charge in [-0.2, -0.15) is 5.26 Å². The van der Waals surface area contributed by atoms with Crippen molar-refractivity contribution in [2.24, 2.45) is 11.8 Å². The van der Waals surface area contributed by atoms with Gasteiger partial charge in [0.05, 0.1) is 12.0 Å². The van der Waals surface area contributed by atoms with Gasteiger partial charge in [-0.15, -0.1) is 0 Å². The quantitative estimate of drug-likeness (QED) is 0.898. The van der Waals surface area contributed by atoms with E-state index in [4.69, 9.17) is 5.26 Å². The van der Waals surface area contributed by atoms with Gasteiger partial charge < -0.3 is 5.32 Å². The molecule has 0 heterocycles. The van der Waals surface area contributed by atoms with Crippen molar-refractivity contribution in [3.63, 3.8) is 0 Å². The Morgan fingerprint density at radius 3 is 2.62 bits per heavy atom. The number of nitrogens with one attached hydrogen (secondary N) is 1. The Balaban J connectivity index is 2.42. The van der Waals surface area contributed by atoms with E-state index in [2.05, 4.69) is 47.2 Å². The first-order valence-corrected chi connectivity index (χ1v) is 6.28. The highest BCUT2D eigenvalue weighted by Crippen LogP contribution is 2.15. The lowest BCUT2D eigenvalue weighted by Gasteiger charge is -2.14. The molecule has 0 aliphatic carbocycles. The van der Waals surface area contributed by atoms with Crippen molar-refractivity contribution >= 4 is 15.9 Å². The molecule has 0 saturated carbocycles. The second kappa shape index (κ2) is 6.67. The van der Waals surface area contributed by atoms with Crippen LogP contribution in [0.15, 0.2) is 28.7 Å². The van der Waals surface area contributed by atoms with Crippen LogP contribution in [-0.4, -0.2) is 6.54 Å². The van der Waals surface area contributed by atoms with Gasteiger partial charge in [0.1, 0.15) is 0 Å². The van der Waals surface area contributed by atoms with Crippen LogP contribution in [0.25, 0.3) is 0 Å². The fourth-order valence-corrected chi connectivity index (χ4v) is 1.86. The molecule has 1 atom stereocenters. The monoisotopic (exact) mass is 280 g/mol. The van der Waals surface area contributed by atoms with E-state index in [9.17, 15) is 0 Å². The summed E-state index contributed by atoms with van der Waals surface area (Å²) in [6, 6.07) is 10.5. The van der Waals surface area contributed by atoms with Crippen LogP contribution < -0.4 is 5.32 Å². The smallest absolute Gasteiger partial charge is 0.0671 e. The molecule has 0 spiro atoms. The normalized spacial score (nSPS) is 12.4. The van der Waals surface area contributed by atoms with E-state index in [1.807, 2.05) is 18.2 Å². The summed E-state index contributed by atoms with van der Waals surface area (Å²) >= 11 is 3.50. The number of nitrogens with zero attached hydrogens (tertiary/aromatic N) is 1. The second-order valence-electron chi connectivity index (χ2n) is 4.20. The Hall–Kier alpha value is -0.850. The van der Waals surface area contributed by atoms with Gasteiger partial charge in [-0.1, -0.05) is 48.0 Å². The largest absolute Gasteiger partial charge is 0.311 e. The van der Waals surface area contributed by atoms with Crippen LogP contribution in [0.3, 0.4) is 0 Å². The summed E-state index contributed by atoms with van der Waals surface area (Å²) in [5.74, 6) is 0.485. The summed E-state index contributed by atoms with van der Waals surface area (Å²) in [5.41, 5.74) is 1.22. The van der Waals surface area contributed by atoms with E-state index in [-0.39, 0.29) is 5.92 Å². The topological polar surface area (TPSA) is 35.8 Å².